The van der Waals surface area contributed by atoms with Crippen molar-refractivity contribution in [1.82, 2.24) is 5.32 Å². The van der Waals surface area contributed by atoms with Crippen LogP contribution in [0, 0.1) is 46.3 Å². The molecule has 8 atom stereocenters. The quantitative estimate of drug-likeness (QED) is 0.302. The minimum atomic E-state index is -0.823. The lowest BCUT2D eigenvalue weighted by Crippen LogP contribution is -2.52. The summed E-state index contributed by atoms with van der Waals surface area (Å²) in [6.45, 7) is 12.5. The molecule has 0 radical (unpaired) electrons. The Kier molecular flexibility index (Phi) is 8.62. The van der Waals surface area contributed by atoms with E-state index in [4.69, 9.17) is 5.11 Å². The summed E-state index contributed by atoms with van der Waals surface area (Å²) in [5.41, 5.74) is 2.43. The molecule has 0 unspecified atom stereocenters. The standard InChI is InChI=1S/C32H53NO3/c1-21(2)8-6-9-22(3)26-14-15-27-25-13-12-23-20-24(33-29(34)10-7-11-30(35)36)16-18-31(23,4)28(25)17-19-32(26,27)5/h12,21-22,24-28H,6-11,13-20H2,1-5H3,(H,33,34)(H,35,36)/t22-,24+,25+,26-,27+,28+,31+,32-/m1/s1. The first kappa shape index (κ1) is 27.7. The van der Waals surface area contributed by atoms with Crippen molar-refractivity contribution >= 4 is 11.9 Å². The number of carbonyl (C=O) groups is 2. The van der Waals surface area contributed by atoms with Crippen molar-refractivity contribution in [2.75, 3.05) is 0 Å². The van der Waals surface area contributed by atoms with Crippen molar-refractivity contribution in [3.05, 3.63) is 11.6 Å². The largest absolute Gasteiger partial charge is 0.481 e. The van der Waals surface area contributed by atoms with Crippen LogP contribution in [-0.2, 0) is 9.59 Å². The number of carbonyl (C=O) groups excluding carboxylic acids is 1. The highest BCUT2D eigenvalue weighted by Gasteiger charge is 2.59. The molecule has 204 valence electrons. The Balaban J connectivity index is 1.38. The van der Waals surface area contributed by atoms with E-state index >= 15 is 0 Å². The molecular weight excluding hydrogens is 446 g/mol. The van der Waals surface area contributed by atoms with Gasteiger partial charge < -0.3 is 10.4 Å². The molecule has 4 heteroatoms. The number of hydrogen-bond donors (Lipinski definition) is 2. The summed E-state index contributed by atoms with van der Waals surface area (Å²) in [6.07, 6.45) is 17.7. The molecule has 0 saturated heterocycles. The van der Waals surface area contributed by atoms with Gasteiger partial charge in [-0.05, 0) is 104 Å². The van der Waals surface area contributed by atoms with Crippen LogP contribution in [0.15, 0.2) is 11.6 Å². The molecular formula is C32H53NO3. The van der Waals surface area contributed by atoms with Gasteiger partial charge in [-0.1, -0.05) is 65.5 Å². The lowest BCUT2D eigenvalue weighted by atomic mass is 9.47. The first-order chi connectivity index (χ1) is 17.0. The smallest absolute Gasteiger partial charge is 0.303 e. The minimum absolute atomic E-state index is 0.0204. The summed E-state index contributed by atoms with van der Waals surface area (Å²) in [5, 5.41) is 12.1. The van der Waals surface area contributed by atoms with Gasteiger partial charge >= 0.3 is 5.97 Å². The van der Waals surface area contributed by atoms with Crippen LogP contribution in [0.25, 0.3) is 0 Å². The number of amides is 1. The van der Waals surface area contributed by atoms with E-state index in [9.17, 15) is 9.59 Å². The normalized spacial score (nSPS) is 38.5. The van der Waals surface area contributed by atoms with E-state index in [-0.39, 0.29) is 18.4 Å². The molecule has 0 aromatic rings. The van der Waals surface area contributed by atoms with Gasteiger partial charge in [-0.15, -0.1) is 0 Å². The van der Waals surface area contributed by atoms with Gasteiger partial charge in [0.2, 0.25) is 5.91 Å². The molecule has 0 bridgehead atoms. The SMILES string of the molecule is CC(C)CCC[C@@H](C)[C@H]1CC[C@H]2[C@@H]3CC=C4C[C@@H](NC(=O)CCCC(=O)O)CC[C@]4(C)[C@H]3CC[C@]12C. The van der Waals surface area contributed by atoms with Crippen LogP contribution >= 0.6 is 0 Å². The van der Waals surface area contributed by atoms with E-state index < -0.39 is 5.97 Å². The molecule has 0 aromatic carbocycles. The van der Waals surface area contributed by atoms with E-state index in [1.807, 2.05) is 0 Å². The highest BCUT2D eigenvalue weighted by molar-refractivity contribution is 5.77. The topological polar surface area (TPSA) is 66.4 Å². The summed E-state index contributed by atoms with van der Waals surface area (Å²) in [6, 6.07) is 0.217. The van der Waals surface area contributed by atoms with Crippen molar-refractivity contribution in [1.29, 1.82) is 0 Å². The maximum atomic E-state index is 12.4. The number of hydrogen-bond acceptors (Lipinski definition) is 2. The molecule has 4 aliphatic rings. The van der Waals surface area contributed by atoms with Gasteiger partial charge in [0, 0.05) is 18.9 Å². The van der Waals surface area contributed by atoms with Crippen LogP contribution in [0.5, 0.6) is 0 Å². The van der Waals surface area contributed by atoms with E-state index in [1.165, 1.54) is 57.8 Å². The third-order valence-electron chi connectivity index (χ3n) is 11.5. The highest BCUT2D eigenvalue weighted by Crippen LogP contribution is 2.67. The first-order valence-corrected chi connectivity index (χ1v) is 15.2. The molecule has 4 nitrogen and oxygen atoms in total. The summed E-state index contributed by atoms with van der Waals surface area (Å²) in [5.74, 6) is 4.31. The molecule has 36 heavy (non-hydrogen) atoms. The van der Waals surface area contributed by atoms with E-state index in [0.29, 0.717) is 23.7 Å². The molecule has 0 spiro atoms. The fourth-order valence-electron chi connectivity index (χ4n) is 9.51. The van der Waals surface area contributed by atoms with Crippen molar-refractivity contribution in [3.8, 4) is 0 Å². The molecule has 3 fully saturated rings. The van der Waals surface area contributed by atoms with Crippen molar-refractivity contribution < 1.29 is 14.7 Å². The van der Waals surface area contributed by atoms with Crippen LogP contribution in [0.2, 0.25) is 0 Å². The Morgan fingerprint density at radius 1 is 1.00 bits per heavy atom. The van der Waals surface area contributed by atoms with Crippen LogP contribution < -0.4 is 5.32 Å². The highest BCUT2D eigenvalue weighted by atomic mass is 16.4. The van der Waals surface area contributed by atoms with Gasteiger partial charge in [-0.25, -0.2) is 0 Å². The van der Waals surface area contributed by atoms with Crippen molar-refractivity contribution in [3.63, 3.8) is 0 Å². The van der Waals surface area contributed by atoms with Crippen LogP contribution in [0.4, 0.5) is 0 Å². The van der Waals surface area contributed by atoms with Crippen LogP contribution in [0.3, 0.4) is 0 Å². The maximum absolute atomic E-state index is 12.4. The number of nitrogens with one attached hydrogen (secondary N) is 1. The monoisotopic (exact) mass is 499 g/mol. The second-order valence-corrected chi connectivity index (χ2v) is 14.0. The molecule has 4 aliphatic carbocycles. The third-order valence-corrected chi connectivity index (χ3v) is 11.5. The molecule has 2 N–H and O–H groups in total. The van der Waals surface area contributed by atoms with E-state index in [1.54, 1.807) is 5.57 Å². The number of carboxylic acid groups (broad SMARTS) is 1. The minimum Gasteiger partial charge on any atom is -0.481 e. The third kappa shape index (κ3) is 5.58. The average Bonchev–Trinajstić information content (AvgIpc) is 3.16. The number of carboxylic acids is 1. The van der Waals surface area contributed by atoms with Gasteiger partial charge in [0.25, 0.3) is 0 Å². The summed E-state index contributed by atoms with van der Waals surface area (Å²) in [4.78, 5) is 23.1. The average molecular weight is 500 g/mol. The lowest BCUT2D eigenvalue weighted by molar-refractivity contribution is -0.137. The first-order valence-electron chi connectivity index (χ1n) is 15.2. The summed E-state index contributed by atoms with van der Waals surface area (Å²) in [7, 11) is 0. The van der Waals surface area contributed by atoms with Gasteiger partial charge in [-0.3, -0.25) is 9.59 Å². The summed E-state index contributed by atoms with van der Waals surface area (Å²) >= 11 is 0. The fourth-order valence-corrected chi connectivity index (χ4v) is 9.51. The molecule has 1 amide bonds. The zero-order valence-electron chi connectivity index (χ0n) is 23.8. The Morgan fingerprint density at radius 2 is 1.78 bits per heavy atom. The zero-order valence-corrected chi connectivity index (χ0v) is 23.8. The second-order valence-electron chi connectivity index (χ2n) is 14.0. The second kappa shape index (κ2) is 11.2. The predicted octanol–water partition coefficient (Wildman–Crippen LogP) is 7.77. The zero-order chi connectivity index (χ0) is 26.1. The fraction of sp³-hybridized carbons (Fsp3) is 0.875. The van der Waals surface area contributed by atoms with Crippen molar-refractivity contribution in [2.24, 2.45) is 46.3 Å². The number of rotatable bonds is 10. The molecule has 0 aromatic heterocycles. The predicted molar refractivity (Wildman–Crippen MR) is 146 cm³/mol. The number of fused-ring (bicyclic) bond motifs is 5. The van der Waals surface area contributed by atoms with Crippen molar-refractivity contribution in [2.45, 2.75) is 131 Å². The molecule has 0 heterocycles. The van der Waals surface area contributed by atoms with Gasteiger partial charge in [0.1, 0.15) is 0 Å². The summed E-state index contributed by atoms with van der Waals surface area (Å²) < 4.78 is 0. The van der Waals surface area contributed by atoms with Gasteiger partial charge in [-0.2, -0.15) is 0 Å². The molecule has 0 aliphatic heterocycles. The number of aliphatic carboxylic acids is 1. The molecule has 3 saturated carbocycles. The molecule has 4 rings (SSSR count). The lowest BCUT2D eigenvalue weighted by Gasteiger charge is -2.58. The van der Waals surface area contributed by atoms with E-state index in [0.717, 1.165) is 48.3 Å². The number of allylic oxidation sites excluding steroid dienone is 1. The Hall–Kier alpha value is -1.32. The van der Waals surface area contributed by atoms with Gasteiger partial charge in [0.15, 0.2) is 0 Å². The Morgan fingerprint density at radius 3 is 2.50 bits per heavy atom. The maximum Gasteiger partial charge on any atom is 0.303 e. The Bertz CT molecular complexity index is 833. The van der Waals surface area contributed by atoms with Gasteiger partial charge in [0.05, 0.1) is 0 Å². The van der Waals surface area contributed by atoms with Crippen LogP contribution in [0.1, 0.15) is 125 Å². The van der Waals surface area contributed by atoms with Crippen LogP contribution in [-0.4, -0.2) is 23.0 Å². The van der Waals surface area contributed by atoms with E-state index in [2.05, 4.69) is 46.0 Å². The Labute approximate surface area is 220 Å².